The van der Waals surface area contributed by atoms with Gasteiger partial charge in [0.1, 0.15) is 0 Å². The van der Waals surface area contributed by atoms with Crippen molar-refractivity contribution < 1.29 is 4.79 Å². The predicted molar refractivity (Wildman–Crippen MR) is 45.4 cm³/mol. The highest BCUT2D eigenvalue weighted by atomic mass is 32.1. The summed E-state index contributed by atoms with van der Waals surface area (Å²) in [4.78, 5) is 12.8. The topological polar surface area (TPSA) is 55.1 Å². The molecule has 0 saturated carbocycles. The molecular formula is C7H10N2OS. The van der Waals surface area contributed by atoms with E-state index in [1.807, 2.05) is 19.9 Å². The largest absolute Gasteiger partial charge is 0.289 e. The van der Waals surface area contributed by atoms with Gasteiger partial charge in [-0.25, -0.2) is 5.84 Å². The smallest absolute Gasteiger partial charge is 0.275 e. The number of amides is 1. The molecule has 11 heavy (non-hydrogen) atoms. The molecule has 0 radical (unpaired) electrons. The number of hydrazine groups is 1. The lowest BCUT2D eigenvalue weighted by Crippen LogP contribution is -2.29. The lowest BCUT2D eigenvalue weighted by atomic mass is 10.3. The molecule has 0 aliphatic rings. The van der Waals surface area contributed by atoms with Gasteiger partial charge in [-0.15, -0.1) is 11.3 Å². The molecule has 4 heteroatoms. The summed E-state index contributed by atoms with van der Waals surface area (Å²) in [5, 5.41) is 0. The van der Waals surface area contributed by atoms with Crippen molar-refractivity contribution in [2.24, 2.45) is 5.84 Å². The average molecular weight is 170 g/mol. The van der Waals surface area contributed by atoms with Gasteiger partial charge < -0.3 is 0 Å². The Morgan fingerprint density at radius 1 is 1.64 bits per heavy atom. The van der Waals surface area contributed by atoms with Gasteiger partial charge >= 0.3 is 0 Å². The molecule has 1 heterocycles. The summed E-state index contributed by atoms with van der Waals surface area (Å²) in [6.45, 7) is 3.95. The minimum Gasteiger partial charge on any atom is -0.289 e. The van der Waals surface area contributed by atoms with Crippen LogP contribution in [0.15, 0.2) is 6.07 Å². The third kappa shape index (κ3) is 1.58. The molecule has 0 aliphatic heterocycles. The molecule has 1 aromatic rings. The molecule has 0 aliphatic carbocycles. The zero-order chi connectivity index (χ0) is 8.43. The van der Waals surface area contributed by atoms with E-state index in [1.54, 1.807) is 0 Å². The second-order valence-corrected chi connectivity index (χ2v) is 3.58. The van der Waals surface area contributed by atoms with Crippen molar-refractivity contribution in [3.05, 3.63) is 21.4 Å². The first-order valence-electron chi connectivity index (χ1n) is 3.23. The van der Waals surface area contributed by atoms with E-state index in [0.717, 1.165) is 10.4 Å². The molecule has 3 nitrogen and oxygen atoms in total. The van der Waals surface area contributed by atoms with Crippen LogP contribution in [-0.4, -0.2) is 5.91 Å². The van der Waals surface area contributed by atoms with E-state index in [2.05, 4.69) is 5.43 Å². The van der Waals surface area contributed by atoms with Gasteiger partial charge in [-0.05, 0) is 25.5 Å². The van der Waals surface area contributed by atoms with Gasteiger partial charge in [0.05, 0.1) is 4.88 Å². The molecule has 0 saturated heterocycles. The summed E-state index contributed by atoms with van der Waals surface area (Å²) < 4.78 is 0. The molecule has 0 aromatic carbocycles. The second kappa shape index (κ2) is 3.02. The van der Waals surface area contributed by atoms with Gasteiger partial charge in [0, 0.05) is 4.88 Å². The van der Waals surface area contributed by atoms with Gasteiger partial charge in [0.15, 0.2) is 0 Å². The van der Waals surface area contributed by atoms with Crippen molar-refractivity contribution in [3.63, 3.8) is 0 Å². The Bertz CT molecular complexity index is 260. The van der Waals surface area contributed by atoms with E-state index < -0.39 is 0 Å². The quantitative estimate of drug-likeness (QED) is 0.375. The van der Waals surface area contributed by atoms with Crippen molar-refractivity contribution in [3.8, 4) is 0 Å². The standard InChI is InChI=1S/C7H10N2OS/c1-4-3-6(7(10)9-8)11-5(4)2/h3H,8H2,1-2H3,(H,9,10). The van der Waals surface area contributed by atoms with Crippen molar-refractivity contribution in [1.29, 1.82) is 0 Å². The van der Waals surface area contributed by atoms with E-state index in [-0.39, 0.29) is 5.91 Å². The van der Waals surface area contributed by atoms with E-state index in [4.69, 9.17) is 5.84 Å². The van der Waals surface area contributed by atoms with Crippen molar-refractivity contribution in [2.75, 3.05) is 0 Å². The fourth-order valence-corrected chi connectivity index (χ4v) is 1.69. The van der Waals surface area contributed by atoms with E-state index in [0.29, 0.717) is 4.88 Å². The Morgan fingerprint density at radius 3 is 2.64 bits per heavy atom. The summed E-state index contributed by atoms with van der Waals surface area (Å²) >= 11 is 1.45. The fraction of sp³-hybridized carbons (Fsp3) is 0.286. The van der Waals surface area contributed by atoms with Crippen LogP contribution in [0.5, 0.6) is 0 Å². The van der Waals surface area contributed by atoms with Crippen LogP contribution in [-0.2, 0) is 0 Å². The highest BCUT2D eigenvalue weighted by molar-refractivity contribution is 7.14. The monoisotopic (exact) mass is 170 g/mol. The number of hydrogen-bond donors (Lipinski definition) is 2. The average Bonchev–Trinajstić information content (AvgIpc) is 2.31. The van der Waals surface area contributed by atoms with Gasteiger partial charge in [-0.2, -0.15) is 0 Å². The second-order valence-electron chi connectivity index (χ2n) is 2.32. The lowest BCUT2D eigenvalue weighted by molar-refractivity contribution is 0.0957. The Morgan fingerprint density at radius 2 is 2.27 bits per heavy atom. The third-order valence-electron chi connectivity index (χ3n) is 1.52. The predicted octanol–water partition coefficient (Wildman–Crippen LogP) is 0.968. The van der Waals surface area contributed by atoms with Crippen LogP contribution in [0.2, 0.25) is 0 Å². The molecule has 0 unspecified atom stereocenters. The Balaban J connectivity index is 2.97. The van der Waals surface area contributed by atoms with Crippen LogP contribution in [0, 0.1) is 13.8 Å². The number of hydrogen-bond acceptors (Lipinski definition) is 3. The minimum atomic E-state index is -0.216. The summed E-state index contributed by atoms with van der Waals surface area (Å²) in [7, 11) is 0. The molecule has 1 aromatic heterocycles. The number of carbonyl (C=O) groups is 1. The van der Waals surface area contributed by atoms with Crippen LogP contribution in [0.25, 0.3) is 0 Å². The van der Waals surface area contributed by atoms with Gasteiger partial charge in [0.25, 0.3) is 5.91 Å². The van der Waals surface area contributed by atoms with Crippen LogP contribution < -0.4 is 11.3 Å². The highest BCUT2D eigenvalue weighted by Gasteiger charge is 2.07. The summed E-state index contributed by atoms with van der Waals surface area (Å²) in [5.41, 5.74) is 3.23. The van der Waals surface area contributed by atoms with Crippen molar-refractivity contribution >= 4 is 17.2 Å². The normalized spacial score (nSPS) is 9.73. The van der Waals surface area contributed by atoms with E-state index in [9.17, 15) is 4.79 Å². The summed E-state index contributed by atoms with van der Waals surface area (Å²) in [6.07, 6.45) is 0. The molecule has 0 atom stereocenters. The highest BCUT2D eigenvalue weighted by Crippen LogP contribution is 2.19. The first-order valence-corrected chi connectivity index (χ1v) is 4.04. The Kier molecular flexibility index (Phi) is 2.26. The summed E-state index contributed by atoms with van der Waals surface area (Å²) in [5.74, 6) is 4.75. The number of aryl methyl sites for hydroxylation is 2. The third-order valence-corrected chi connectivity index (χ3v) is 2.67. The Labute approximate surface area is 69.2 Å². The van der Waals surface area contributed by atoms with Crippen LogP contribution >= 0.6 is 11.3 Å². The van der Waals surface area contributed by atoms with Crippen LogP contribution in [0.1, 0.15) is 20.1 Å². The fourth-order valence-electron chi connectivity index (χ4n) is 0.756. The van der Waals surface area contributed by atoms with Crippen LogP contribution in [0.3, 0.4) is 0 Å². The SMILES string of the molecule is Cc1cc(C(=O)NN)sc1C. The molecule has 1 rings (SSSR count). The summed E-state index contributed by atoms with van der Waals surface area (Å²) in [6, 6.07) is 1.84. The number of nitrogen functional groups attached to an aromatic ring is 1. The number of carbonyl (C=O) groups excluding carboxylic acids is 1. The lowest BCUT2D eigenvalue weighted by Gasteiger charge is -1.91. The number of rotatable bonds is 1. The zero-order valence-electron chi connectivity index (χ0n) is 6.47. The maximum absolute atomic E-state index is 11.0. The number of thiophene rings is 1. The molecule has 60 valence electrons. The van der Waals surface area contributed by atoms with Crippen molar-refractivity contribution in [1.82, 2.24) is 5.43 Å². The van der Waals surface area contributed by atoms with Crippen LogP contribution in [0.4, 0.5) is 0 Å². The molecule has 0 spiro atoms. The minimum absolute atomic E-state index is 0.216. The maximum Gasteiger partial charge on any atom is 0.275 e. The van der Waals surface area contributed by atoms with E-state index in [1.165, 1.54) is 11.3 Å². The molecular weight excluding hydrogens is 160 g/mol. The number of nitrogens with two attached hydrogens (primary N) is 1. The first-order chi connectivity index (χ1) is 5.15. The Hall–Kier alpha value is -0.870. The number of nitrogens with one attached hydrogen (secondary N) is 1. The molecule has 3 N–H and O–H groups in total. The molecule has 0 fully saturated rings. The van der Waals surface area contributed by atoms with Gasteiger partial charge in [-0.3, -0.25) is 10.2 Å². The van der Waals surface area contributed by atoms with Crippen molar-refractivity contribution in [2.45, 2.75) is 13.8 Å². The molecule has 1 amide bonds. The zero-order valence-corrected chi connectivity index (χ0v) is 7.29. The first kappa shape index (κ1) is 8.23. The maximum atomic E-state index is 11.0. The van der Waals surface area contributed by atoms with Gasteiger partial charge in [0.2, 0.25) is 0 Å². The van der Waals surface area contributed by atoms with E-state index >= 15 is 0 Å². The molecule has 0 bridgehead atoms. The van der Waals surface area contributed by atoms with Gasteiger partial charge in [-0.1, -0.05) is 0 Å².